The Morgan fingerprint density at radius 1 is 1.26 bits per heavy atom. The van der Waals surface area contributed by atoms with Gasteiger partial charge >= 0.3 is 6.61 Å². The number of hydrogen-bond donors (Lipinski definition) is 1. The standard InChI is InChI=1S/C17H17F2NO3/c1-12-2-5-14(22-12)8-9-16(21)20-11-10-13-3-6-15(7-4-13)23-17(18)19/h2-9,17H,10-11H2,1H3,(H,20,21)/b9-8+. The van der Waals surface area contributed by atoms with Crippen LogP contribution in [0.25, 0.3) is 6.08 Å². The Kier molecular flexibility index (Phi) is 5.91. The lowest BCUT2D eigenvalue weighted by molar-refractivity contribution is -0.116. The molecular formula is C17H17F2NO3. The summed E-state index contributed by atoms with van der Waals surface area (Å²) in [6, 6.07) is 9.92. The average Bonchev–Trinajstić information content (AvgIpc) is 2.92. The minimum atomic E-state index is -2.83. The Morgan fingerprint density at radius 2 is 2.00 bits per heavy atom. The first kappa shape index (κ1) is 16.7. The maximum atomic E-state index is 12.0. The molecule has 0 fully saturated rings. The van der Waals surface area contributed by atoms with Crippen LogP contribution in [0.1, 0.15) is 17.1 Å². The molecule has 0 saturated carbocycles. The van der Waals surface area contributed by atoms with Crippen LogP contribution in [-0.4, -0.2) is 19.1 Å². The third-order valence-corrected chi connectivity index (χ3v) is 3.02. The molecule has 0 aliphatic heterocycles. The van der Waals surface area contributed by atoms with Gasteiger partial charge in [0.25, 0.3) is 0 Å². The molecule has 0 aliphatic carbocycles. The maximum Gasteiger partial charge on any atom is 0.387 e. The van der Waals surface area contributed by atoms with E-state index in [9.17, 15) is 13.6 Å². The Hall–Kier alpha value is -2.63. The van der Waals surface area contributed by atoms with Crippen LogP contribution in [0.2, 0.25) is 0 Å². The molecule has 6 heteroatoms. The van der Waals surface area contributed by atoms with Crippen molar-refractivity contribution >= 4 is 12.0 Å². The summed E-state index contributed by atoms with van der Waals surface area (Å²) in [5, 5.41) is 2.74. The normalized spacial score (nSPS) is 11.1. The average molecular weight is 321 g/mol. The summed E-state index contributed by atoms with van der Waals surface area (Å²) < 4.78 is 33.6. The molecule has 4 nitrogen and oxygen atoms in total. The lowest BCUT2D eigenvalue weighted by atomic mass is 10.1. The number of aryl methyl sites for hydroxylation is 1. The van der Waals surface area contributed by atoms with Crippen LogP contribution >= 0.6 is 0 Å². The smallest absolute Gasteiger partial charge is 0.387 e. The van der Waals surface area contributed by atoms with Gasteiger partial charge in [-0.05, 0) is 49.2 Å². The van der Waals surface area contributed by atoms with E-state index in [1.807, 2.05) is 13.0 Å². The number of alkyl halides is 2. The van der Waals surface area contributed by atoms with Gasteiger partial charge in [0.05, 0.1) is 0 Å². The second-order valence-electron chi connectivity index (χ2n) is 4.85. The molecular weight excluding hydrogens is 304 g/mol. The molecule has 23 heavy (non-hydrogen) atoms. The van der Waals surface area contributed by atoms with Crippen LogP contribution in [0.5, 0.6) is 5.75 Å². The van der Waals surface area contributed by atoms with E-state index >= 15 is 0 Å². The van der Waals surface area contributed by atoms with E-state index in [1.165, 1.54) is 18.2 Å². The monoisotopic (exact) mass is 321 g/mol. The fourth-order valence-electron chi connectivity index (χ4n) is 1.93. The van der Waals surface area contributed by atoms with E-state index in [1.54, 1.807) is 24.3 Å². The number of halogens is 2. The van der Waals surface area contributed by atoms with Gasteiger partial charge in [0.15, 0.2) is 0 Å². The molecule has 1 amide bonds. The Balaban J connectivity index is 1.73. The van der Waals surface area contributed by atoms with Crippen molar-refractivity contribution < 1.29 is 22.7 Å². The zero-order valence-corrected chi connectivity index (χ0v) is 12.6. The van der Waals surface area contributed by atoms with Gasteiger partial charge in [-0.15, -0.1) is 0 Å². The minimum Gasteiger partial charge on any atom is -0.462 e. The van der Waals surface area contributed by atoms with E-state index in [4.69, 9.17) is 4.42 Å². The highest BCUT2D eigenvalue weighted by Crippen LogP contribution is 2.15. The van der Waals surface area contributed by atoms with Crippen LogP contribution in [0, 0.1) is 6.92 Å². The summed E-state index contributed by atoms with van der Waals surface area (Å²) in [6.07, 6.45) is 3.59. The number of carbonyl (C=O) groups excluding carboxylic acids is 1. The van der Waals surface area contributed by atoms with Crippen molar-refractivity contribution in [2.75, 3.05) is 6.54 Å². The predicted octanol–water partition coefficient (Wildman–Crippen LogP) is 3.56. The first-order chi connectivity index (χ1) is 11.0. The molecule has 1 N–H and O–H groups in total. The third-order valence-electron chi connectivity index (χ3n) is 3.02. The molecule has 0 unspecified atom stereocenters. The number of hydrogen-bond acceptors (Lipinski definition) is 3. The van der Waals surface area contributed by atoms with Gasteiger partial charge in [-0.2, -0.15) is 8.78 Å². The number of benzene rings is 1. The largest absolute Gasteiger partial charge is 0.462 e. The fraction of sp³-hybridized carbons (Fsp3) is 0.235. The first-order valence-corrected chi connectivity index (χ1v) is 7.09. The van der Waals surface area contributed by atoms with Crippen LogP contribution in [0.3, 0.4) is 0 Å². The van der Waals surface area contributed by atoms with Crippen molar-refractivity contribution in [3.63, 3.8) is 0 Å². The maximum absolute atomic E-state index is 12.0. The molecule has 0 aliphatic rings. The summed E-state index contributed by atoms with van der Waals surface area (Å²) in [5.74, 6) is 1.29. The topological polar surface area (TPSA) is 51.5 Å². The molecule has 0 bridgehead atoms. The molecule has 1 heterocycles. The van der Waals surface area contributed by atoms with Gasteiger partial charge < -0.3 is 14.5 Å². The highest BCUT2D eigenvalue weighted by molar-refractivity contribution is 5.91. The van der Waals surface area contributed by atoms with E-state index in [2.05, 4.69) is 10.1 Å². The zero-order chi connectivity index (χ0) is 16.7. The highest BCUT2D eigenvalue weighted by Gasteiger charge is 2.04. The molecule has 2 rings (SSSR count). The van der Waals surface area contributed by atoms with Gasteiger partial charge in [-0.1, -0.05) is 12.1 Å². The molecule has 1 aromatic carbocycles. The quantitative estimate of drug-likeness (QED) is 0.793. The number of furan rings is 1. The first-order valence-electron chi connectivity index (χ1n) is 7.09. The summed E-state index contributed by atoms with van der Waals surface area (Å²) >= 11 is 0. The van der Waals surface area contributed by atoms with E-state index in [-0.39, 0.29) is 11.7 Å². The lowest BCUT2D eigenvalue weighted by Gasteiger charge is -2.06. The highest BCUT2D eigenvalue weighted by atomic mass is 19.3. The Bertz CT molecular complexity index is 663. The number of rotatable bonds is 7. The third kappa shape index (κ3) is 5.94. The molecule has 0 radical (unpaired) electrons. The van der Waals surface area contributed by atoms with Gasteiger partial charge in [-0.25, -0.2) is 0 Å². The van der Waals surface area contributed by atoms with Crippen LogP contribution in [0.4, 0.5) is 8.78 Å². The molecule has 0 atom stereocenters. The molecule has 2 aromatic rings. The van der Waals surface area contributed by atoms with Crippen molar-refractivity contribution in [3.05, 3.63) is 59.6 Å². The summed E-state index contributed by atoms with van der Waals surface area (Å²) in [7, 11) is 0. The molecule has 122 valence electrons. The second-order valence-corrected chi connectivity index (χ2v) is 4.85. The van der Waals surface area contributed by atoms with E-state index < -0.39 is 6.61 Å². The predicted molar refractivity (Wildman–Crippen MR) is 82.3 cm³/mol. The van der Waals surface area contributed by atoms with Gasteiger partial charge in [0.1, 0.15) is 17.3 Å². The summed E-state index contributed by atoms with van der Waals surface area (Å²) in [4.78, 5) is 11.6. The molecule has 0 saturated heterocycles. The molecule has 1 aromatic heterocycles. The number of carbonyl (C=O) groups is 1. The van der Waals surface area contributed by atoms with Crippen LogP contribution in [0.15, 0.2) is 46.9 Å². The van der Waals surface area contributed by atoms with Crippen LogP contribution in [-0.2, 0) is 11.2 Å². The van der Waals surface area contributed by atoms with Gasteiger partial charge in [-0.3, -0.25) is 4.79 Å². The second kappa shape index (κ2) is 8.12. The Morgan fingerprint density at radius 3 is 2.61 bits per heavy atom. The molecule has 0 spiro atoms. The number of amides is 1. The number of ether oxygens (including phenoxy) is 1. The summed E-state index contributed by atoms with van der Waals surface area (Å²) in [6.45, 7) is -0.561. The SMILES string of the molecule is Cc1ccc(/C=C/C(=O)NCCc2ccc(OC(F)F)cc2)o1. The fourth-order valence-corrected chi connectivity index (χ4v) is 1.93. The summed E-state index contributed by atoms with van der Waals surface area (Å²) in [5.41, 5.74) is 0.914. The van der Waals surface area contributed by atoms with Gasteiger partial charge in [0.2, 0.25) is 5.91 Å². The van der Waals surface area contributed by atoms with Crippen molar-refractivity contribution in [2.45, 2.75) is 20.0 Å². The minimum absolute atomic E-state index is 0.115. The van der Waals surface area contributed by atoms with Crippen molar-refractivity contribution in [1.29, 1.82) is 0 Å². The van der Waals surface area contributed by atoms with Crippen molar-refractivity contribution in [3.8, 4) is 5.75 Å². The van der Waals surface area contributed by atoms with E-state index in [0.29, 0.717) is 18.7 Å². The zero-order valence-electron chi connectivity index (χ0n) is 12.6. The van der Waals surface area contributed by atoms with Crippen molar-refractivity contribution in [2.24, 2.45) is 0 Å². The lowest BCUT2D eigenvalue weighted by Crippen LogP contribution is -2.23. The van der Waals surface area contributed by atoms with E-state index in [0.717, 1.165) is 11.3 Å². The Labute approximate surface area is 132 Å². The van der Waals surface area contributed by atoms with Crippen LogP contribution < -0.4 is 10.1 Å². The van der Waals surface area contributed by atoms with Gasteiger partial charge in [0, 0.05) is 12.6 Å². The number of nitrogens with one attached hydrogen (secondary N) is 1. The van der Waals surface area contributed by atoms with Crippen molar-refractivity contribution in [1.82, 2.24) is 5.32 Å².